The van der Waals surface area contributed by atoms with Crippen molar-refractivity contribution in [2.75, 3.05) is 10.0 Å². The van der Waals surface area contributed by atoms with E-state index in [0.29, 0.717) is 38.4 Å². The fourth-order valence-electron chi connectivity index (χ4n) is 2.66. The number of anilines is 2. The van der Waals surface area contributed by atoms with Gasteiger partial charge >= 0.3 is 0 Å². The van der Waals surface area contributed by atoms with E-state index in [2.05, 4.69) is 10.0 Å². The van der Waals surface area contributed by atoms with Crippen LogP contribution in [0.5, 0.6) is 0 Å². The SMILES string of the molecule is CC1=C(Nc2cc(NS(=O)(=O)c3ccccc3I)ccc2Cl)CCC1=O. The van der Waals surface area contributed by atoms with Crippen LogP contribution in [0, 0.1) is 3.57 Å². The Hall–Kier alpha value is -1.58. The van der Waals surface area contributed by atoms with Gasteiger partial charge in [-0.3, -0.25) is 9.52 Å². The number of hydrogen-bond donors (Lipinski definition) is 2. The fraction of sp³-hybridized carbons (Fsp3) is 0.167. The molecule has 26 heavy (non-hydrogen) atoms. The minimum atomic E-state index is -3.71. The molecular formula is C18H16ClIN2O3S. The second kappa shape index (κ2) is 7.58. The third-order valence-electron chi connectivity index (χ3n) is 4.10. The first-order valence-corrected chi connectivity index (χ1v) is 10.8. The van der Waals surface area contributed by atoms with E-state index in [1.54, 1.807) is 49.4 Å². The van der Waals surface area contributed by atoms with Gasteiger partial charge in [0.15, 0.2) is 5.78 Å². The van der Waals surface area contributed by atoms with E-state index in [9.17, 15) is 13.2 Å². The van der Waals surface area contributed by atoms with E-state index in [-0.39, 0.29) is 10.7 Å². The number of sulfonamides is 1. The van der Waals surface area contributed by atoms with Crippen molar-refractivity contribution >= 4 is 61.4 Å². The molecule has 0 spiro atoms. The molecule has 0 atom stereocenters. The van der Waals surface area contributed by atoms with Crippen molar-refractivity contribution in [3.63, 3.8) is 0 Å². The van der Waals surface area contributed by atoms with Crippen LogP contribution in [0.25, 0.3) is 0 Å². The maximum Gasteiger partial charge on any atom is 0.262 e. The first-order chi connectivity index (χ1) is 12.3. The molecule has 2 aromatic rings. The van der Waals surface area contributed by atoms with E-state index in [0.717, 1.165) is 5.70 Å². The van der Waals surface area contributed by atoms with E-state index in [1.807, 2.05) is 22.6 Å². The van der Waals surface area contributed by atoms with Gasteiger partial charge in [0, 0.05) is 21.3 Å². The molecule has 0 aromatic heterocycles. The van der Waals surface area contributed by atoms with Gasteiger partial charge in [0.1, 0.15) is 4.90 Å². The Morgan fingerprint density at radius 3 is 2.50 bits per heavy atom. The molecule has 0 radical (unpaired) electrons. The minimum Gasteiger partial charge on any atom is -0.357 e. The highest BCUT2D eigenvalue weighted by molar-refractivity contribution is 14.1. The van der Waals surface area contributed by atoms with E-state index in [1.165, 1.54) is 0 Å². The highest BCUT2D eigenvalue weighted by Gasteiger charge is 2.21. The lowest BCUT2D eigenvalue weighted by Crippen LogP contribution is -2.14. The van der Waals surface area contributed by atoms with E-state index in [4.69, 9.17) is 11.6 Å². The van der Waals surface area contributed by atoms with Gasteiger partial charge in [-0.05, 0) is 66.3 Å². The summed E-state index contributed by atoms with van der Waals surface area (Å²) in [5, 5.41) is 3.60. The molecule has 2 N–H and O–H groups in total. The van der Waals surface area contributed by atoms with Crippen molar-refractivity contribution < 1.29 is 13.2 Å². The fourth-order valence-corrected chi connectivity index (χ4v) is 5.21. The summed E-state index contributed by atoms with van der Waals surface area (Å²) in [5.41, 5.74) is 2.44. The Balaban J connectivity index is 1.88. The van der Waals surface area contributed by atoms with Crippen molar-refractivity contribution in [3.05, 3.63) is 62.3 Å². The summed E-state index contributed by atoms with van der Waals surface area (Å²) in [5.74, 6) is 0.110. The van der Waals surface area contributed by atoms with Crippen LogP contribution in [0.3, 0.4) is 0 Å². The van der Waals surface area contributed by atoms with Gasteiger partial charge in [0.25, 0.3) is 10.0 Å². The lowest BCUT2D eigenvalue weighted by atomic mass is 10.2. The summed E-state index contributed by atoms with van der Waals surface area (Å²) in [4.78, 5) is 11.9. The van der Waals surface area contributed by atoms with Gasteiger partial charge in [-0.2, -0.15) is 0 Å². The normalized spacial score (nSPS) is 14.7. The number of Topliss-reactive ketones (excluding diaryl/α,β-unsaturated/α-hetero) is 1. The predicted molar refractivity (Wildman–Crippen MR) is 112 cm³/mol. The van der Waals surface area contributed by atoms with Crippen LogP contribution in [0.1, 0.15) is 19.8 Å². The van der Waals surface area contributed by atoms with Crippen LogP contribution >= 0.6 is 34.2 Å². The van der Waals surface area contributed by atoms with E-state index < -0.39 is 10.0 Å². The number of hydrogen-bond acceptors (Lipinski definition) is 4. The highest BCUT2D eigenvalue weighted by atomic mass is 127. The summed E-state index contributed by atoms with van der Waals surface area (Å²) >= 11 is 8.21. The quantitative estimate of drug-likeness (QED) is 0.576. The molecule has 0 fully saturated rings. The van der Waals surface area contributed by atoms with Crippen molar-refractivity contribution in [1.82, 2.24) is 0 Å². The van der Waals surface area contributed by atoms with Crippen LogP contribution < -0.4 is 10.0 Å². The third kappa shape index (κ3) is 4.05. The molecule has 5 nitrogen and oxygen atoms in total. The average molecular weight is 503 g/mol. The van der Waals surface area contributed by atoms with Crippen LogP contribution in [0.2, 0.25) is 5.02 Å². The molecule has 0 aliphatic heterocycles. The Morgan fingerprint density at radius 2 is 1.85 bits per heavy atom. The number of nitrogens with one attached hydrogen (secondary N) is 2. The standard InChI is InChI=1S/C18H16ClIN2O3S/c1-11-15(8-9-17(11)23)21-16-10-12(6-7-13(16)19)22-26(24,25)18-5-3-2-4-14(18)20/h2-7,10,21-22H,8-9H2,1H3. The molecular weight excluding hydrogens is 487 g/mol. The van der Waals surface area contributed by atoms with Gasteiger partial charge < -0.3 is 5.32 Å². The zero-order valence-corrected chi connectivity index (χ0v) is 17.6. The Labute approximate surface area is 171 Å². The molecule has 0 saturated carbocycles. The summed E-state index contributed by atoms with van der Waals surface area (Å²) in [6.45, 7) is 1.77. The molecule has 3 rings (SSSR count). The summed E-state index contributed by atoms with van der Waals surface area (Å²) in [6.07, 6.45) is 1.10. The van der Waals surface area contributed by atoms with Crippen LogP contribution in [-0.2, 0) is 14.8 Å². The van der Waals surface area contributed by atoms with Crippen molar-refractivity contribution in [2.45, 2.75) is 24.7 Å². The van der Waals surface area contributed by atoms with Gasteiger partial charge in [0.2, 0.25) is 0 Å². The number of carbonyl (C=O) groups is 1. The molecule has 0 amide bonds. The van der Waals surface area contributed by atoms with Crippen molar-refractivity contribution in [3.8, 4) is 0 Å². The number of ketones is 1. The van der Waals surface area contributed by atoms with Gasteiger partial charge in [0.05, 0.1) is 16.4 Å². The molecule has 0 unspecified atom stereocenters. The first kappa shape index (κ1) is 19.2. The Bertz CT molecular complexity index is 1020. The van der Waals surface area contributed by atoms with Crippen LogP contribution in [0.15, 0.2) is 58.6 Å². The molecule has 1 aliphatic rings. The van der Waals surface area contributed by atoms with Crippen LogP contribution in [-0.4, -0.2) is 14.2 Å². The number of halogens is 2. The first-order valence-electron chi connectivity index (χ1n) is 7.85. The second-order valence-corrected chi connectivity index (χ2v) is 9.10. The molecule has 0 saturated heterocycles. The van der Waals surface area contributed by atoms with Gasteiger partial charge in [-0.25, -0.2) is 8.42 Å². The zero-order chi connectivity index (χ0) is 18.9. The maximum absolute atomic E-state index is 12.6. The molecule has 8 heteroatoms. The maximum atomic E-state index is 12.6. The number of benzene rings is 2. The number of allylic oxidation sites excluding steroid dienone is 2. The zero-order valence-electron chi connectivity index (χ0n) is 13.8. The Morgan fingerprint density at radius 1 is 1.12 bits per heavy atom. The number of rotatable bonds is 5. The minimum absolute atomic E-state index is 0.110. The van der Waals surface area contributed by atoms with Crippen molar-refractivity contribution in [1.29, 1.82) is 0 Å². The largest absolute Gasteiger partial charge is 0.357 e. The summed E-state index contributed by atoms with van der Waals surface area (Å²) in [6, 6.07) is 11.6. The highest BCUT2D eigenvalue weighted by Crippen LogP contribution is 2.31. The molecule has 2 aromatic carbocycles. The topological polar surface area (TPSA) is 75.3 Å². The summed E-state index contributed by atoms with van der Waals surface area (Å²) < 4.78 is 28.5. The molecule has 1 aliphatic carbocycles. The molecule has 136 valence electrons. The second-order valence-electron chi connectivity index (χ2n) is 5.88. The lowest BCUT2D eigenvalue weighted by molar-refractivity contribution is -0.114. The van der Waals surface area contributed by atoms with Gasteiger partial charge in [-0.15, -0.1) is 0 Å². The van der Waals surface area contributed by atoms with Gasteiger partial charge in [-0.1, -0.05) is 23.7 Å². The third-order valence-corrected chi connectivity index (χ3v) is 7.18. The smallest absolute Gasteiger partial charge is 0.262 e. The predicted octanol–water partition coefficient (Wildman–Crippen LogP) is 4.79. The average Bonchev–Trinajstić information content (AvgIpc) is 2.90. The molecule has 0 heterocycles. The number of carbonyl (C=O) groups excluding carboxylic acids is 1. The molecule has 0 bridgehead atoms. The summed E-state index contributed by atoms with van der Waals surface area (Å²) in [7, 11) is -3.71. The van der Waals surface area contributed by atoms with Crippen molar-refractivity contribution in [2.24, 2.45) is 0 Å². The monoisotopic (exact) mass is 502 g/mol. The Kier molecular flexibility index (Phi) is 5.59. The van der Waals surface area contributed by atoms with E-state index >= 15 is 0 Å². The lowest BCUT2D eigenvalue weighted by Gasteiger charge is -2.14. The van der Waals surface area contributed by atoms with Crippen LogP contribution in [0.4, 0.5) is 11.4 Å².